The van der Waals surface area contributed by atoms with Gasteiger partial charge in [-0.2, -0.15) is 0 Å². The van der Waals surface area contributed by atoms with E-state index in [-0.39, 0.29) is 6.61 Å². The second-order valence-electron chi connectivity index (χ2n) is 4.35. The van der Waals surface area contributed by atoms with Crippen molar-refractivity contribution in [3.63, 3.8) is 0 Å². The Kier molecular flexibility index (Phi) is 3.93. The van der Waals surface area contributed by atoms with Gasteiger partial charge in [0.15, 0.2) is 0 Å². The van der Waals surface area contributed by atoms with Gasteiger partial charge in [-0.15, -0.1) is 0 Å². The zero-order valence-electron chi connectivity index (χ0n) is 9.65. The Balaban J connectivity index is 1.98. The molecule has 0 saturated carbocycles. The van der Waals surface area contributed by atoms with Crippen molar-refractivity contribution in [3.8, 4) is 0 Å². The first-order valence-electron chi connectivity index (χ1n) is 5.83. The third kappa shape index (κ3) is 2.82. The molecular weight excluding hydrogens is 202 g/mol. The van der Waals surface area contributed by atoms with E-state index in [9.17, 15) is 0 Å². The van der Waals surface area contributed by atoms with Gasteiger partial charge in [-0.1, -0.05) is 24.3 Å². The van der Waals surface area contributed by atoms with E-state index < -0.39 is 0 Å². The number of aliphatic hydroxyl groups is 1. The van der Waals surface area contributed by atoms with Crippen molar-refractivity contribution in [2.24, 2.45) is 0 Å². The quantitative estimate of drug-likeness (QED) is 0.811. The SMILES string of the molecule is CC(NC1CCOC1)c1cccc(CO)c1. The standard InChI is InChI=1S/C13H19NO2/c1-10(14-13-5-6-16-9-13)12-4-2-3-11(7-12)8-15/h2-4,7,10,13-15H,5-6,8-9H2,1H3. The van der Waals surface area contributed by atoms with Crippen LogP contribution >= 0.6 is 0 Å². The molecule has 1 aliphatic rings. The lowest BCUT2D eigenvalue weighted by molar-refractivity contribution is 0.188. The molecule has 0 bridgehead atoms. The molecule has 1 aromatic carbocycles. The van der Waals surface area contributed by atoms with Gasteiger partial charge in [0.2, 0.25) is 0 Å². The normalized spacial score (nSPS) is 22.2. The van der Waals surface area contributed by atoms with E-state index in [1.807, 2.05) is 18.2 Å². The summed E-state index contributed by atoms with van der Waals surface area (Å²) < 4.78 is 5.34. The van der Waals surface area contributed by atoms with Crippen molar-refractivity contribution in [3.05, 3.63) is 35.4 Å². The van der Waals surface area contributed by atoms with Crippen LogP contribution in [-0.4, -0.2) is 24.4 Å². The Labute approximate surface area is 96.4 Å². The fourth-order valence-electron chi connectivity index (χ4n) is 2.08. The molecule has 1 heterocycles. The molecule has 0 amide bonds. The number of ether oxygens (including phenoxy) is 1. The third-order valence-corrected chi connectivity index (χ3v) is 3.05. The maximum atomic E-state index is 9.09. The van der Waals surface area contributed by atoms with Gasteiger partial charge in [-0.25, -0.2) is 0 Å². The lowest BCUT2D eigenvalue weighted by Gasteiger charge is -2.19. The van der Waals surface area contributed by atoms with Crippen LogP contribution in [0.25, 0.3) is 0 Å². The van der Waals surface area contributed by atoms with Gasteiger partial charge in [0.25, 0.3) is 0 Å². The maximum Gasteiger partial charge on any atom is 0.0681 e. The molecule has 3 heteroatoms. The minimum absolute atomic E-state index is 0.104. The van der Waals surface area contributed by atoms with Gasteiger partial charge in [0.05, 0.1) is 13.2 Å². The van der Waals surface area contributed by atoms with Gasteiger partial charge in [0.1, 0.15) is 0 Å². The van der Waals surface area contributed by atoms with E-state index in [0.29, 0.717) is 12.1 Å². The molecule has 2 atom stereocenters. The summed E-state index contributed by atoms with van der Waals surface area (Å²) >= 11 is 0. The first-order valence-corrected chi connectivity index (χ1v) is 5.83. The summed E-state index contributed by atoms with van der Waals surface area (Å²) in [4.78, 5) is 0. The molecule has 2 N–H and O–H groups in total. The Bertz CT molecular complexity index is 334. The average Bonchev–Trinajstić information content (AvgIpc) is 2.82. The summed E-state index contributed by atoms with van der Waals surface area (Å²) in [5.74, 6) is 0. The van der Waals surface area contributed by atoms with Gasteiger partial charge in [0, 0.05) is 18.7 Å². The van der Waals surface area contributed by atoms with Crippen LogP contribution in [0, 0.1) is 0 Å². The van der Waals surface area contributed by atoms with E-state index in [1.54, 1.807) is 0 Å². The minimum atomic E-state index is 0.104. The fraction of sp³-hybridized carbons (Fsp3) is 0.538. The van der Waals surface area contributed by atoms with E-state index in [2.05, 4.69) is 18.3 Å². The van der Waals surface area contributed by atoms with Crippen LogP contribution in [0.15, 0.2) is 24.3 Å². The maximum absolute atomic E-state index is 9.09. The molecule has 16 heavy (non-hydrogen) atoms. The zero-order valence-corrected chi connectivity index (χ0v) is 9.65. The smallest absolute Gasteiger partial charge is 0.0681 e. The lowest BCUT2D eigenvalue weighted by atomic mass is 10.0. The molecule has 88 valence electrons. The molecule has 2 rings (SSSR count). The largest absolute Gasteiger partial charge is 0.392 e. The first-order chi connectivity index (χ1) is 7.79. The lowest BCUT2D eigenvalue weighted by Crippen LogP contribution is -2.31. The summed E-state index contributed by atoms with van der Waals surface area (Å²) in [5, 5.41) is 12.6. The molecule has 3 nitrogen and oxygen atoms in total. The predicted octanol–water partition coefficient (Wildman–Crippen LogP) is 1.62. The van der Waals surface area contributed by atoms with Crippen LogP contribution in [0.1, 0.15) is 30.5 Å². The van der Waals surface area contributed by atoms with Crippen molar-refractivity contribution < 1.29 is 9.84 Å². The summed E-state index contributed by atoms with van der Waals surface area (Å²) in [6.45, 7) is 3.92. The summed E-state index contributed by atoms with van der Waals surface area (Å²) in [6, 6.07) is 8.84. The average molecular weight is 221 g/mol. The van der Waals surface area contributed by atoms with Crippen LogP contribution < -0.4 is 5.32 Å². The van der Waals surface area contributed by atoms with Gasteiger partial charge in [-0.05, 0) is 24.5 Å². The number of nitrogens with one attached hydrogen (secondary N) is 1. The molecular formula is C13H19NO2. The third-order valence-electron chi connectivity index (χ3n) is 3.05. The molecule has 0 aromatic heterocycles. The zero-order chi connectivity index (χ0) is 11.4. The van der Waals surface area contributed by atoms with E-state index >= 15 is 0 Å². The molecule has 0 radical (unpaired) electrons. The molecule has 1 saturated heterocycles. The van der Waals surface area contributed by atoms with E-state index in [1.165, 1.54) is 5.56 Å². The highest BCUT2D eigenvalue weighted by atomic mass is 16.5. The first kappa shape index (κ1) is 11.6. The summed E-state index contributed by atoms with van der Waals surface area (Å²) in [7, 11) is 0. The minimum Gasteiger partial charge on any atom is -0.392 e. The summed E-state index contributed by atoms with van der Waals surface area (Å²) in [6.07, 6.45) is 1.09. The van der Waals surface area contributed by atoms with Gasteiger partial charge in [-0.3, -0.25) is 0 Å². The molecule has 0 aliphatic carbocycles. The molecule has 1 fully saturated rings. The van der Waals surface area contributed by atoms with E-state index in [0.717, 1.165) is 25.2 Å². The topological polar surface area (TPSA) is 41.5 Å². The Morgan fingerprint density at radius 1 is 1.56 bits per heavy atom. The Morgan fingerprint density at radius 3 is 3.12 bits per heavy atom. The molecule has 2 unspecified atom stereocenters. The highest BCUT2D eigenvalue weighted by Crippen LogP contribution is 2.17. The van der Waals surface area contributed by atoms with Crippen molar-refractivity contribution in [1.29, 1.82) is 0 Å². The van der Waals surface area contributed by atoms with Crippen molar-refractivity contribution in [1.82, 2.24) is 5.32 Å². The molecule has 0 spiro atoms. The highest BCUT2D eigenvalue weighted by Gasteiger charge is 2.18. The second-order valence-corrected chi connectivity index (χ2v) is 4.35. The highest BCUT2D eigenvalue weighted by molar-refractivity contribution is 5.25. The number of hydrogen-bond acceptors (Lipinski definition) is 3. The molecule has 1 aromatic rings. The molecule has 1 aliphatic heterocycles. The number of rotatable bonds is 4. The summed E-state index contributed by atoms with van der Waals surface area (Å²) in [5.41, 5.74) is 2.19. The van der Waals surface area contributed by atoms with Crippen molar-refractivity contribution in [2.45, 2.75) is 32.0 Å². The van der Waals surface area contributed by atoms with Crippen LogP contribution in [0.3, 0.4) is 0 Å². The number of benzene rings is 1. The Hall–Kier alpha value is -0.900. The second kappa shape index (κ2) is 5.43. The van der Waals surface area contributed by atoms with Gasteiger partial charge < -0.3 is 15.2 Å². The van der Waals surface area contributed by atoms with E-state index in [4.69, 9.17) is 9.84 Å². The fourth-order valence-corrected chi connectivity index (χ4v) is 2.08. The number of hydrogen-bond donors (Lipinski definition) is 2. The Morgan fingerprint density at radius 2 is 2.44 bits per heavy atom. The van der Waals surface area contributed by atoms with Gasteiger partial charge >= 0.3 is 0 Å². The van der Waals surface area contributed by atoms with Crippen molar-refractivity contribution in [2.75, 3.05) is 13.2 Å². The monoisotopic (exact) mass is 221 g/mol. The predicted molar refractivity (Wildman–Crippen MR) is 63.1 cm³/mol. The number of aliphatic hydroxyl groups excluding tert-OH is 1. The van der Waals surface area contributed by atoms with Crippen LogP contribution in [0.4, 0.5) is 0 Å². The van der Waals surface area contributed by atoms with Crippen LogP contribution in [0.2, 0.25) is 0 Å². The van der Waals surface area contributed by atoms with Crippen LogP contribution in [0.5, 0.6) is 0 Å². The van der Waals surface area contributed by atoms with Crippen LogP contribution in [-0.2, 0) is 11.3 Å². The van der Waals surface area contributed by atoms with Crippen molar-refractivity contribution >= 4 is 0 Å².